The number of nitrogens with one attached hydrogen (secondary N) is 1. The van der Waals surface area contributed by atoms with Crippen molar-refractivity contribution >= 4 is 61.3 Å². The molecule has 0 fully saturated rings. The Kier molecular flexibility index (Phi) is 6.42. The summed E-state index contributed by atoms with van der Waals surface area (Å²) < 4.78 is 25.7. The second-order valence-electron chi connectivity index (χ2n) is 6.10. The highest BCUT2D eigenvalue weighted by atomic mass is 35.5. The van der Waals surface area contributed by atoms with Crippen molar-refractivity contribution < 1.29 is 13.2 Å². The van der Waals surface area contributed by atoms with Crippen molar-refractivity contribution in [2.45, 2.75) is 13.0 Å². The Hall–Kier alpha value is -2.20. The first-order chi connectivity index (χ1) is 13.7. The summed E-state index contributed by atoms with van der Waals surface area (Å²) in [6.07, 6.45) is 0.993. The number of halogens is 2. The summed E-state index contributed by atoms with van der Waals surface area (Å²) in [4.78, 5) is 12.8. The molecule has 0 radical (unpaired) electrons. The van der Waals surface area contributed by atoms with E-state index in [1.165, 1.54) is 36.5 Å². The Balaban J connectivity index is 1.85. The van der Waals surface area contributed by atoms with Gasteiger partial charge in [0.15, 0.2) is 0 Å². The maximum absolute atomic E-state index is 12.8. The first kappa shape index (κ1) is 21.5. The van der Waals surface area contributed by atoms with Gasteiger partial charge in [-0.3, -0.25) is 14.4 Å². The van der Waals surface area contributed by atoms with Crippen molar-refractivity contribution in [2.24, 2.45) is 0 Å². The summed E-state index contributed by atoms with van der Waals surface area (Å²) in [6, 6.07) is 12.7. The van der Waals surface area contributed by atoms with Gasteiger partial charge in [-0.05, 0) is 25.1 Å². The van der Waals surface area contributed by atoms with Gasteiger partial charge in [0.05, 0.1) is 17.0 Å². The highest BCUT2D eigenvalue weighted by molar-refractivity contribution is 7.92. The van der Waals surface area contributed by atoms with Crippen LogP contribution in [-0.2, 0) is 14.8 Å². The molecule has 0 aliphatic carbocycles. The summed E-state index contributed by atoms with van der Waals surface area (Å²) in [7, 11) is -3.83. The third kappa shape index (κ3) is 5.05. The van der Waals surface area contributed by atoms with Gasteiger partial charge < -0.3 is 0 Å². The van der Waals surface area contributed by atoms with Crippen LogP contribution >= 0.6 is 34.5 Å². The first-order valence-corrected chi connectivity index (χ1v) is 11.7. The van der Waals surface area contributed by atoms with Crippen LogP contribution < -0.4 is 9.62 Å². The Morgan fingerprint density at radius 1 is 1.14 bits per heavy atom. The normalized spacial score (nSPS) is 12.4. The highest BCUT2D eigenvalue weighted by Crippen LogP contribution is 2.33. The molecule has 1 N–H and O–H groups in total. The van der Waals surface area contributed by atoms with Crippen molar-refractivity contribution in [2.75, 3.05) is 15.9 Å². The largest absolute Gasteiger partial charge is 0.299 e. The lowest BCUT2D eigenvalue weighted by atomic mass is 10.2. The lowest BCUT2D eigenvalue weighted by Gasteiger charge is -2.28. The van der Waals surface area contributed by atoms with Gasteiger partial charge >= 0.3 is 0 Å². The summed E-state index contributed by atoms with van der Waals surface area (Å²) >= 11 is 13.3. The molecular formula is C18H16Cl2N4O3S2. The van der Waals surface area contributed by atoms with E-state index in [1.54, 1.807) is 0 Å². The highest BCUT2D eigenvalue weighted by Gasteiger charge is 2.31. The monoisotopic (exact) mass is 470 g/mol. The maximum Gasteiger partial charge on any atom is 0.249 e. The van der Waals surface area contributed by atoms with Crippen molar-refractivity contribution in [3.63, 3.8) is 0 Å². The quantitative estimate of drug-likeness (QED) is 0.579. The average Bonchev–Trinajstić information content (AvgIpc) is 3.12. The summed E-state index contributed by atoms with van der Waals surface area (Å²) in [5.41, 5.74) is 0.980. The second-order valence-corrected chi connectivity index (χ2v) is 9.78. The van der Waals surface area contributed by atoms with Crippen LogP contribution in [0.2, 0.25) is 10.0 Å². The third-order valence-electron chi connectivity index (χ3n) is 3.91. The molecule has 2 aromatic carbocycles. The summed E-state index contributed by atoms with van der Waals surface area (Å²) in [6.45, 7) is 1.45. The molecule has 3 rings (SSSR count). The van der Waals surface area contributed by atoms with E-state index in [4.69, 9.17) is 23.2 Å². The molecule has 29 heavy (non-hydrogen) atoms. The van der Waals surface area contributed by atoms with E-state index < -0.39 is 22.0 Å². The van der Waals surface area contributed by atoms with Crippen molar-refractivity contribution in [1.82, 2.24) is 10.2 Å². The molecule has 1 aromatic heterocycles. The number of carbonyl (C=O) groups is 1. The van der Waals surface area contributed by atoms with Gasteiger partial charge in [-0.25, -0.2) is 8.42 Å². The van der Waals surface area contributed by atoms with Crippen LogP contribution in [0.3, 0.4) is 0 Å². The minimum Gasteiger partial charge on any atom is -0.299 e. The van der Waals surface area contributed by atoms with Gasteiger partial charge in [-0.15, -0.1) is 10.2 Å². The average molecular weight is 471 g/mol. The molecule has 152 valence electrons. The van der Waals surface area contributed by atoms with Gasteiger partial charge in [0, 0.05) is 10.6 Å². The maximum atomic E-state index is 12.8. The molecule has 0 bridgehead atoms. The number of amides is 1. The lowest BCUT2D eigenvalue weighted by molar-refractivity contribution is -0.116. The summed E-state index contributed by atoms with van der Waals surface area (Å²) in [5, 5.41) is 12.0. The smallest absolute Gasteiger partial charge is 0.249 e. The van der Waals surface area contributed by atoms with Crippen LogP contribution in [0, 0.1) is 0 Å². The van der Waals surface area contributed by atoms with E-state index in [9.17, 15) is 13.2 Å². The minimum atomic E-state index is -3.83. The Morgan fingerprint density at radius 3 is 2.48 bits per heavy atom. The van der Waals surface area contributed by atoms with E-state index in [2.05, 4.69) is 15.5 Å². The number of carbonyl (C=O) groups excluding carboxylic acids is 1. The topological polar surface area (TPSA) is 92.3 Å². The van der Waals surface area contributed by atoms with Gasteiger partial charge in [0.2, 0.25) is 21.1 Å². The molecule has 7 nitrogen and oxygen atoms in total. The molecule has 11 heteroatoms. The summed E-state index contributed by atoms with van der Waals surface area (Å²) in [5.74, 6) is -0.581. The molecular weight excluding hydrogens is 455 g/mol. The zero-order valence-electron chi connectivity index (χ0n) is 15.3. The lowest BCUT2D eigenvalue weighted by Crippen LogP contribution is -2.45. The molecule has 0 aliphatic rings. The Labute approximate surface area is 182 Å². The Morgan fingerprint density at radius 2 is 1.83 bits per heavy atom. The number of anilines is 2. The molecule has 0 spiro atoms. The van der Waals surface area contributed by atoms with E-state index in [0.29, 0.717) is 10.0 Å². The van der Waals surface area contributed by atoms with Gasteiger partial charge in [-0.2, -0.15) is 0 Å². The van der Waals surface area contributed by atoms with E-state index in [1.807, 2.05) is 30.3 Å². The molecule has 3 aromatic rings. The first-order valence-electron chi connectivity index (χ1n) is 8.31. The molecule has 1 amide bonds. The van der Waals surface area contributed by atoms with Crippen LogP contribution in [0.5, 0.6) is 0 Å². The zero-order chi connectivity index (χ0) is 21.2. The molecule has 0 saturated carbocycles. The standard InChI is InChI=1S/C18H16Cl2N4O3S2/c1-11(24(29(2,26)27)15-10-13(19)8-9-14(15)20)16(25)21-18-23-22-17(28-18)12-6-4-3-5-7-12/h3-11H,1-2H3,(H,21,23,25)/t11-/m0/s1. The third-order valence-corrected chi connectivity index (χ3v) is 6.58. The fourth-order valence-electron chi connectivity index (χ4n) is 2.62. The minimum absolute atomic E-state index is 0.117. The SMILES string of the molecule is C[C@@H](C(=O)Nc1nnc(-c2ccccc2)s1)N(c1cc(Cl)ccc1Cl)S(C)(=O)=O. The van der Waals surface area contributed by atoms with Gasteiger partial charge in [0.25, 0.3) is 0 Å². The number of aromatic nitrogens is 2. The Bertz CT molecular complexity index is 1140. The van der Waals surface area contributed by atoms with Crippen LogP contribution in [0.15, 0.2) is 48.5 Å². The van der Waals surface area contributed by atoms with E-state index >= 15 is 0 Å². The number of benzene rings is 2. The fourth-order valence-corrected chi connectivity index (χ4v) is 4.97. The number of hydrogen-bond acceptors (Lipinski definition) is 6. The van der Waals surface area contributed by atoms with Crippen LogP contribution in [-0.4, -0.2) is 36.8 Å². The van der Waals surface area contributed by atoms with Gasteiger partial charge in [-0.1, -0.05) is 64.9 Å². The van der Waals surface area contributed by atoms with Gasteiger partial charge in [0.1, 0.15) is 11.0 Å². The second kappa shape index (κ2) is 8.66. The predicted molar refractivity (Wildman–Crippen MR) is 117 cm³/mol. The van der Waals surface area contributed by atoms with Crippen molar-refractivity contribution in [3.05, 3.63) is 58.6 Å². The van der Waals surface area contributed by atoms with Crippen LogP contribution in [0.1, 0.15) is 6.92 Å². The number of rotatable bonds is 6. The van der Waals surface area contributed by atoms with E-state index in [-0.39, 0.29) is 15.8 Å². The molecule has 0 unspecified atom stereocenters. The van der Waals surface area contributed by atoms with E-state index in [0.717, 1.165) is 16.1 Å². The molecule has 0 aliphatic heterocycles. The van der Waals surface area contributed by atoms with Crippen LogP contribution in [0.25, 0.3) is 10.6 Å². The molecule has 1 atom stereocenters. The number of nitrogens with zero attached hydrogens (tertiary/aromatic N) is 3. The predicted octanol–water partition coefficient (Wildman–Crippen LogP) is 4.31. The fraction of sp³-hybridized carbons (Fsp3) is 0.167. The molecule has 0 saturated heterocycles. The van der Waals surface area contributed by atoms with Crippen molar-refractivity contribution in [1.29, 1.82) is 0 Å². The number of sulfonamides is 1. The molecule has 1 heterocycles. The van der Waals surface area contributed by atoms with Crippen LogP contribution in [0.4, 0.5) is 10.8 Å². The zero-order valence-corrected chi connectivity index (χ0v) is 18.5. The number of hydrogen-bond donors (Lipinski definition) is 1. The van der Waals surface area contributed by atoms with Crippen molar-refractivity contribution in [3.8, 4) is 10.6 Å².